The summed E-state index contributed by atoms with van der Waals surface area (Å²) in [5.41, 5.74) is 5.88. The number of halogens is 2. The van der Waals surface area contributed by atoms with Gasteiger partial charge in [-0.3, -0.25) is 0 Å². The van der Waals surface area contributed by atoms with Crippen molar-refractivity contribution < 1.29 is 0 Å². The largest absolute Gasteiger partial charge is 0.396 e. The van der Waals surface area contributed by atoms with Gasteiger partial charge in [0, 0.05) is 0 Å². The first-order chi connectivity index (χ1) is 5.15. The van der Waals surface area contributed by atoms with Crippen molar-refractivity contribution in [2.45, 2.75) is 0 Å². The molecule has 11 heavy (non-hydrogen) atoms. The maximum Gasteiger partial charge on any atom is 0.164 e. The van der Waals surface area contributed by atoms with Crippen molar-refractivity contribution in [3.63, 3.8) is 0 Å². The molecule has 0 saturated carbocycles. The van der Waals surface area contributed by atoms with Gasteiger partial charge in [-0.15, -0.1) is 0 Å². The Morgan fingerprint density at radius 2 is 2.36 bits per heavy atom. The fourth-order valence-corrected chi connectivity index (χ4v) is 1.02. The lowest BCUT2D eigenvalue weighted by molar-refractivity contribution is 1.23. The van der Waals surface area contributed by atoms with Crippen molar-refractivity contribution in [3.05, 3.63) is 21.4 Å². The Morgan fingerprint density at radius 1 is 1.73 bits per heavy atom. The highest BCUT2D eigenvalue weighted by Crippen LogP contribution is 2.23. The van der Waals surface area contributed by atoms with Gasteiger partial charge in [-0.25, -0.2) is 4.98 Å². The Balaban J connectivity index is 3.35. The summed E-state index contributed by atoms with van der Waals surface area (Å²) < 4.78 is 0.435. The highest BCUT2D eigenvalue weighted by Gasteiger charge is 2.04. The summed E-state index contributed by atoms with van der Waals surface area (Å²) in [4.78, 5) is 3.79. The molecule has 1 rings (SSSR count). The van der Waals surface area contributed by atoms with E-state index in [1.54, 1.807) is 0 Å². The van der Waals surface area contributed by atoms with Crippen LogP contribution in [-0.4, -0.2) is 4.98 Å². The fraction of sp³-hybridized carbons (Fsp3) is 0. The second kappa shape index (κ2) is 3.07. The van der Waals surface area contributed by atoms with Crippen LogP contribution in [0.1, 0.15) is 5.69 Å². The Kier molecular flexibility index (Phi) is 2.32. The third kappa shape index (κ3) is 1.62. The van der Waals surface area contributed by atoms with Gasteiger partial charge in [0.05, 0.1) is 10.7 Å². The van der Waals surface area contributed by atoms with E-state index in [9.17, 15) is 0 Å². The smallest absolute Gasteiger partial charge is 0.164 e. The summed E-state index contributed by atoms with van der Waals surface area (Å²) in [6, 6.07) is 3.32. The van der Waals surface area contributed by atoms with E-state index >= 15 is 0 Å². The van der Waals surface area contributed by atoms with Crippen LogP contribution < -0.4 is 5.73 Å². The molecule has 0 bridgehead atoms. The summed E-state index contributed by atoms with van der Waals surface area (Å²) in [5, 5.41) is 8.88. The van der Waals surface area contributed by atoms with E-state index < -0.39 is 0 Å². The molecule has 2 N–H and O–H groups in total. The molecule has 0 saturated heterocycles. The van der Waals surface area contributed by atoms with Gasteiger partial charge >= 0.3 is 0 Å². The van der Waals surface area contributed by atoms with E-state index in [4.69, 9.17) is 22.6 Å². The first-order valence-corrected chi connectivity index (χ1v) is 3.84. The van der Waals surface area contributed by atoms with Crippen LogP contribution in [0.5, 0.6) is 0 Å². The van der Waals surface area contributed by atoms with Crippen LogP contribution in [-0.2, 0) is 0 Å². The van der Waals surface area contributed by atoms with Gasteiger partial charge in [-0.05, 0) is 22.0 Å². The average molecular weight is 232 g/mol. The topological polar surface area (TPSA) is 62.7 Å². The van der Waals surface area contributed by atoms with E-state index in [-0.39, 0.29) is 5.69 Å². The number of nitrogens with two attached hydrogens (primary N) is 1. The molecule has 0 amide bonds. The van der Waals surface area contributed by atoms with Crippen LogP contribution in [0.4, 0.5) is 5.69 Å². The van der Waals surface area contributed by atoms with Crippen LogP contribution in [0.15, 0.2) is 10.7 Å². The molecule has 3 nitrogen and oxygen atoms in total. The van der Waals surface area contributed by atoms with Crippen molar-refractivity contribution in [2.24, 2.45) is 0 Å². The van der Waals surface area contributed by atoms with Gasteiger partial charge in [-0.2, -0.15) is 5.26 Å². The molecule has 1 aromatic rings. The van der Waals surface area contributed by atoms with Crippen LogP contribution in [0.3, 0.4) is 0 Å². The molecule has 0 spiro atoms. The van der Waals surface area contributed by atoms with Crippen LogP contribution in [0.25, 0.3) is 0 Å². The van der Waals surface area contributed by atoms with Gasteiger partial charge in [0.15, 0.2) is 5.69 Å². The van der Waals surface area contributed by atoms with Gasteiger partial charge in [0.1, 0.15) is 10.7 Å². The number of hydrogen-bond donors (Lipinski definition) is 1. The number of nitrogen functional groups attached to an aromatic ring is 1. The zero-order valence-corrected chi connectivity index (χ0v) is 7.65. The zero-order valence-electron chi connectivity index (χ0n) is 5.31. The van der Waals surface area contributed by atoms with Crippen molar-refractivity contribution in [1.29, 1.82) is 5.26 Å². The summed E-state index contributed by atoms with van der Waals surface area (Å²) >= 11 is 8.72. The molecule has 0 unspecified atom stereocenters. The molecule has 56 valence electrons. The number of pyridine rings is 1. The second-order valence-corrected chi connectivity index (χ2v) is 2.97. The Labute approximate surface area is 76.9 Å². The number of aromatic nitrogens is 1. The molecule has 1 heterocycles. The predicted molar refractivity (Wildman–Crippen MR) is 46.1 cm³/mol. The zero-order chi connectivity index (χ0) is 8.43. The lowest BCUT2D eigenvalue weighted by Crippen LogP contribution is -1.94. The first kappa shape index (κ1) is 8.31. The fourth-order valence-electron chi connectivity index (χ4n) is 0.570. The number of nitriles is 1. The summed E-state index contributed by atoms with van der Waals surface area (Å²) in [5.74, 6) is 0. The lowest BCUT2D eigenvalue weighted by Gasteiger charge is -1.98. The van der Waals surface area contributed by atoms with E-state index in [0.29, 0.717) is 15.3 Å². The SMILES string of the molecule is N#Cc1nc(Br)c(Cl)cc1N. The predicted octanol–water partition coefficient (Wildman–Crippen LogP) is 1.95. The van der Waals surface area contributed by atoms with E-state index in [0.717, 1.165) is 0 Å². The third-order valence-electron chi connectivity index (χ3n) is 1.07. The van der Waals surface area contributed by atoms with Crippen molar-refractivity contribution in [1.82, 2.24) is 4.98 Å². The molecular formula is C6H3BrClN3. The number of rotatable bonds is 0. The molecular weight excluding hydrogens is 229 g/mol. The van der Waals surface area contributed by atoms with Crippen molar-refractivity contribution >= 4 is 33.2 Å². The standard InChI is InChI=1S/C6H3BrClN3/c7-6-3(8)1-4(10)5(2-9)11-6/h1H,10H2. The van der Waals surface area contributed by atoms with Gasteiger partial charge in [0.2, 0.25) is 0 Å². The van der Waals surface area contributed by atoms with Gasteiger partial charge in [0.25, 0.3) is 0 Å². The maximum atomic E-state index is 8.48. The molecule has 0 radical (unpaired) electrons. The molecule has 0 atom stereocenters. The molecule has 0 fully saturated rings. The minimum Gasteiger partial charge on any atom is -0.396 e. The van der Waals surface area contributed by atoms with Crippen molar-refractivity contribution in [3.8, 4) is 6.07 Å². The summed E-state index contributed by atoms with van der Waals surface area (Å²) in [7, 11) is 0. The molecule has 5 heteroatoms. The Morgan fingerprint density at radius 3 is 2.91 bits per heavy atom. The normalized spacial score (nSPS) is 9.18. The summed E-state index contributed by atoms with van der Waals surface area (Å²) in [6.45, 7) is 0. The van der Waals surface area contributed by atoms with Gasteiger partial charge < -0.3 is 5.73 Å². The van der Waals surface area contributed by atoms with Crippen molar-refractivity contribution in [2.75, 3.05) is 5.73 Å². The maximum absolute atomic E-state index is 8.48. The highest BCUT2D eigenvalue weighted by molar-refractivity contribution is 9.10. The first-order valence-electron chi connectivity index (χ1n) is 2.66. The number of nitrogens with zero attached hydrogens (tertiary/aromatic N) is 2. The number of anilines is 1. The second-order valence-electron chi connectivity index (χ2n) is 1.81. The van der Waals surface area contributed by atoms with Gasteiger partial charge in [-0.1, -0.05) is 11.6 Å². The van der Waals surface area contributed by atoms with E-state index in [2.05, 4.69) is 20.9 Å². The average Bonchev–Trinajstić information content (AvgIpc) is 1.97. The molecule has 0 aliphatic rings. The lowest BCUT2D eigenvalue weighted by atomic mass is 10.3. The van der Waals surface area contributed by atoms with Crippen LogP contribution in [0, 0.1) is 11.3 Å². The minimum absolute atomic E-state index is 0.182. The van der Waals surface area contributed by atoms with E-state index in [1.807, 2.05) is 6.07 Å². The van der Waals surface area contributed by atoms with E-state index in [1.165, 1.54) is 6.07 Å². The third-order valence-corrected chi connectivity index (χ3v) is 2.19. The quantitative estimate of drug-likeness (QED) is 0.696. The van der Waals surface area contributed by atoms with Crippen LogP contribution in [0.2, 0.25) is 5.02 Å². The molecule has 1 aromatic heterocycles. The molecule has 0 aromatic carbocycles. The number of hydrogen-bond acceptors (Lipinski definition) is 3. The summed E-state index contributed by atoms with van der Waals surface area (Å²) in [6.07, 6.45) is 0. The highest BCUT2D eigenvalue weighted by atomic mass is 79.9. The Bertz CT molecular complexity index is 331. The monoisotopic (exact) mass is 231 g/mol. The molecule has 0 aliphatic carbocycles. The van der Waals surface area contributed by atoms with Crippen LogP contribution >= 0.6 is 27.5 Å². The minimum atomic E-state index is 0.182. The Hall–Kier alpha value is -0.790. The molecule has 0 aliphatic heterocycles.